The molecule has 2 amide bonds. The molecule has 7 nitrogen and oxygen atoms in total. The summed E-state index contributed by atoms with van der Waals surface area (Å²) in [7, 11) is 3.55. The van der Waals surface area contributed by atoms with Crippen LogP contribution in [-0.4, -0.2) is 53.4 Å². The summed E-state index contributed by atoms with van der Waals surface area (Å²) in [4.78, 5) is 19.3. The number of urea groups is 1. The number of likely N-dealkylation sites (tertiary alicyclic amines) is 1. The molecule has 1 N–H and O–H groups in total. The van der Waals surface area contributed by atoms with Gasteiger partial charge in [-0.25, -0.2) is 9.78 Å². The minimum Gasteiger partial charge on any atom is -0.496 e. The highest BCUT2D eigenvalue weighted by Gasteiger charge is 2.28. The molecule has 27 heavy (non-hydrogen) atoms. The first-order valence-electron chi connectivity index (χ1n) is 9.41. The third-order valence-electron chi connectivity index (χ3n) is 4.97. The van der Waals surface area contributed by atoms with E-state index in [1.54, 1.807) is 13.3 Å². The minimum atomic E-state index is -0.390. The summed E-state index contributed by atoms with van der Waals surface area (Å²) in [6.07, 6.45) is 5.58. The maximum Gasteiger partial charge on any atom is 0.318 e. The average Bonchev–Trinajstić information content (AvgIpc) is 3.12. The van der Waals surface area contributed by atoms with Crippen LogP contribution in [0.3, 0.4) is 0 Å². The molecule has 0 saturated carbocycles. The topological polar surface area (TPSA) is 68.6 Å². The number of ether oxygens (including phenoxy) is 2. The summed E-state index contributed by atoms with van der Waals surface area (Å²) < 4.78 is 13.1. The Balaban J connectivity index is 1.78. The van der Waals surface area contributed by atoms with Gasteiger partial charge in [-0.05, 0) is 25.8 Å². The smallest absolute Gasteiger partial charge is 0.318 e. The summed E-state index contributed by atoms with van der Waals surface area (Å²) in [6.45, 7) is 4.10. The van der Waals surface area contributed by atoms with Crippen molar-refractivity contribution in [3.05, 3.63) is 48.0 Å². The number of para-hydroxylation sites is 1. The standard InChI is InChI=1S/C20H28N4O3/c1-4-27-15-9-12-24(13-10-15)20(25)22-18(19-21-11-14-23(19)2)16-7-5-6-8-17(16)26-3/h5-8,11,14-15,18H,4,9-10,12-13H2,1-3H3,(H,22,25). The third kappa shape index (κ3) is 4.42. The van der Waals surface area contributed by atoms with Gasteiger partial charge in [-0.3, -0.25) is 0 Å². The molecule has 1 aliphatic rings. The molecule has 146 valence electrons. The van der Waals surface area contributed by atoms with Gasteiger partial charge in [-0.1, -0.05) is 18.2 Å². The van der Waals surface area contributed by atoms with Crippen molar-refractivity contribution < 1.29 is 14.3 Å². The Kier molecular flexibility index (Phi) is 6.34. The Hall–Kier alpha value is -2.54. The van der Waals surface area contributed by atoms with E-state index in [9.17, 15) is 4.79 Å². The zero-order chi connectivity index (χ0) is 19.2. The van der Waals surface area contributed by atoms with Gasteiger partial charge in [0.1, 0.15) is 17.6 Å². The summed E-state index contributed by atoms with van der Waals surface area (Å²) in [5.74, 6) is 1.48. The van der Waals surface area contributed by atoms with Gasteiger partial charge in [-0.2, -0.15) is 0 Å². The lowest BCUT2D eigenvalue weighted by Crippen LogP contribution is -2.47. The van der Waals surface area contributed by atoms with E-state index in [1.165, 1.54) is 0 Å². The van der Waals surface area contributed by atoms with Crippen molar-refractivity contribution in [3.8, 4) is 5.75 Å². The van der Waals surface area contributed by atoms with Crippen molar-refractivity contribution in [2.75, 3.05) is 26.8 Å². The molecule has 1 fully saturated rings. The molecule has 2 aromatic rings. The fraction of sp³-hybridized carbons (Fsp3) is 0.500. The number of nitrogens with one attached hydrogen (secondary N) is 1. The van der Waals surface area contributed by atoms with Gasteiger partial charge in [0.15, 0.2) is 0 Å². The molecular formula is C20H28N4O3. The number of hydrogen-bond donors (Lipinski definition) is 1. The lowest BCUT2D eigenvalue weighted by molar-refractivity contribution is 0.0218. The fourth-order valence-electron chi connectivity index (χ4n) is 3.52. The van der Waals surface area contributed by atoms with Gasteiger partial charge in [0.2, 0.25) is 0 Å². The molecule has 0 aliphatic carbocycles. The van der Waals surface area contributed by atoms with Crippen LogP contribution >= 0.6 is 0 Å². The Morgan fingerprint density at radius 3 is 2.70 bits per heavy atom. The molecule has 0 spiro atoms. The van der Waals surface area contributed by atoms with Crippen LogP contribution in [0.4, 0.5) is 4.79 Å². The number of methoxy groups -OCH3 is 1. The first kappa shape index (κ1) is 19.2. The van der Waals surface area contributed by atoms with Crippen molar-refractivity contribution in [3.63, 3.8) is 0 Å². The normalized spacial score (nSPS) is 16.2. The maximum atomic E-state index is 12.9. The van der Waals surface area contributed by atoms with E-state index in [2.05, 4.69) is 10.3 Å². The van der Waals surface area contributed by atoms with Crippen LogP contribution < -0.4 is 10.1 Å². The van der Waals surface area contributed by atoms with Crippen LogP contribution in [0.25, 0.3) is 0 Å². The molecule has 0 radical (unpaired) electrons. The van der Waals surface area contributed by atoms with Crippen molar-refractivity contribution in [2.45, 2.75) is 31.9 Å². The van der Waals surface area contributed by atoms with Crippen molar-refractivity contribution in [2.24, 2.45) is 7.05 Å². The first-order valence-corrected chi connectivity index (χ1v) is 9.41. The van der Waals surface area contributed by atoms with E-state index in [0.29, 0.717) is 19.7 Å². The molecule has 7 heteroatoms. The second-order valence-electron chi connectivity index (χ2n) is 6.66. The first-order chi connectivity index (χ1) is 13.1. The van der Waals surface area contributed by atoms with Gasteiger partial charge in [-0.15, -0.1) is 0 Å². The van der Waals surface area contributed by atoms with E-state index >= 15 is 0 Å². The van der Waals surface area contributed by atoms with Gasteiger partial charge < -0.3 is 24.3 Å². The highest BCUT2D eigenvalue weighted by molar-refractivity contribution is 5.75. The zero-order valence-electron chi connectivity index (χ0n) is 16.2. The Labute approximate surface area is 160 Å². The highest BCUT2D eigenvalue weighted by atomic mass is 16.5. The molecule has 1 unspecified atom stereocenters. The van der Waals surface area contributed by atoms with Crippen LogP contribution in [0.15, 0.2) is 36.7 Å². The third-order valence-corrected chi connectivity index (χ3v) is 4.97. The fourth-order valence-corrected chi connectivity index (χ4v) is 3.52. The van der Waals surface area contributed by atoms with Crippen LogP contribution in [-0.2, 0) is 11.8 Å². The summed E-state index contributed by atoms with van der Waals surface area (Å²) in [5, 5.41) is 3.15. The van der Waals surface area contributed by atoms with E-state index in [4.69, 9.17) is 9.47 Å². The maximum absolute atomic E-state index is 12.9. The number of benzene rings is 1. The highest BCUT2D eigenvalue weighted by Crippen LogP contribution is 2.29. The molecule has 1 aliphatic heterocycles. The number of imidazole rings is 1. The van der Waals surface area contributed by atoms with Crippen molar-refractivity contribution in [1.29, 1.82) is 0 Å². The number of hydrogen-bond acceptors (Lipinski definition) is 4. The van der Waals surface area contributed by atoms with Crippen LogP contribution in [0.2, 0.25) is 0 Å². The molecule has 1 saturated heterocycles. The predicted molar refractivity (Wildman–Crippen MR) is 103 cm³/mol. The second-order valence-corrected chi connectivity index (χ2v) is 6.66. The molecule has 3 rings (SSSR count). The quantitative estimate of drug-likeness (QED) is 0.847. The van der Waals surface area contributed by atoms with Crippen LogP contribution in [0.1, 0.15) is 37.2 Å². The van der Waals surface area contributed by atoms with E-state index < -0.39 is 6.04 Å². The summed E-state index contributed by atoms with van der Waals surface area (Å²) in [6, 6.07) is 7.22. The molecule has 1 atom stereocenters. The van der Waals surface area contributed by atoms with Crippen LogP contribution in [0.5, 0.6) is 5.75 Å². The monoisotopic (exact) mass is 372 g/mol. The molecule has 0 bridgehead atoms. The van der Waals surface area contributed by atoms with Crippen LogP contribution in [0, 0.1) is 0 Å². The Morgan fingerprint density at radius 2 is 2.07 bits per heavy atom. The Bertz CT molecular complexity index is 753. The lowest BCUT2D eigenvalue weighted by Gasteiger charge is -2.33. The number of amides is 2. The summed E-state index contributed by atoms with van der Waals surface area (Å²) >= 11 is 0. The molecule has 1 aromatic heterocycles. The number of carbonyl (C=O) groups excluding carboxylic acids is 1. The largest absolute Gasteiger partial charge is 0.496 e. The molecule has 2 heterocycles. The van der Waals surface area contributed by atoms with Gasteiger partial charge in [0.25, 0.3) is 0 Å². The molecular weight excluding hydrogens is 344 g/mol. The molecule has 1 aromatic carbocycles. The van der Waals surface area contributed by atoms with Gasteiger partial charge in [0, 0.05) is 44.7 Å². The van der Waals surface area contributed by atoms with Crippen molar-refractivity contribution >= 4 is 6.03 Å². The lowest BCUT2D eigenvalue weighted by atomic mass is 10.0. The van der Waals surface area contributed by atoms with E-state index in [1.807, 2.05) is 53.9 Å². The number of nitrogens with zero attached hydrogens (tertiary/aromatic N) is 3. The number of carbonyl (C=O) groups is 1. The predicted octanol–water partition coefficient (Wildman–Crippen LogP) is 2.73. The van der Waals surface area contributed by atoms with E-state index in [0.717, 1.165) is 30.0 Å². The number of aryl methyl sites for hydroxylation is 1. The van der Waals surface area contributed by atoms with E-state index in [-0.39, 0.29) is 12.1 Å². The SMILES string of the molecule is CCOC1CCN(C(=O)NC(c2ccccc2OC)c2nccn2C)CC1. The zero-order valence-corrected chi connectivity index (χ0v) is 16.2. The number of piperidine rings is 1. The summed E-state index contributed by atoms with van der Waals surface area (Å²) in [5.41, 5.74) is 0.881. The number of rotatable bonds is 6. The van der Waals surface area contributed by atoms with Gasteiger partial charge >= 0.3 is 6.03 Å². The minimum absolute atomic E-state index is 0.0937. The number of aromatic nitrogens is 2. The van der Waals surface area contributed by atoms with Crippen molar-refractivity contribution in [1.82, 2.24) is 19.8 Å². The Morgan fingerprint density at radius 1 is 1.33 bits per heavy atom. The average molecular weight is 372 g/mol. The van der Waals surface area contributed by atoms with Gasteiger partial charge in [0.05, 0.1) is 13.2 Å². The second kappa shape index (κ2) is 8.90.